The molecule has 1 N–H and O–H groups in total. The Morgan fingerprint density at radius 1 is 1.28 bits per heavy atom. The number of rotatable bonds is 7. The van der Waals surface area contributed by atoms with E-state index in [1.807, 2.05) is 0 Å². The summed E-state index contributed by atoms with van der Waals surface area (Å²) in [6.07, 6.45) is 3.47. The van der Waals surface area contributed by atoms with E-state index in [9.17, 15) is 18.0 Å². The molecule has 170 valence electrons. The predicted octanol–water partition coefficient (Wildman–Crippen LogP) is 3.13. The second kappa shape index (κ2) is 9.71. The molecule has 4 rings (SSSR count). The molecule has 0 unspecified atom stereocenters. The number of alkyl halides is 3. The second-order valence-corrected chi connectivity index (χ2v) is 7.31. The summed E-state index contributed by atoms with van der Waals surface area (Å²) in [5.41, 5.74) is 1.16. The van der Waals surface area contributed by atoms with E-state index in [2.05, 4.69) is 25.2 Å². The third-order valence-electron chi connectivity index (χ3n) is 5.19. The van der Waals surface area contributed by atoms with Gasteiger partial charge in [-0.1, -0.05) is 12.1 Å². The van der Waals surface area contributed by atoms with Gasteiger partial charge in [0.05, 0.1) is 6.54 Å². The van der Waals surface area contributed by atoms with E-state index in [1.54, 1.807) is 23.1 Å². The molecule has 9 nitrogen and oxygen atoms in total. The normalized spacial score (nSPS) is 18.7. The van der Waals surface area contributed by atoms with Crippen molar-refractivity contribution < 1.29 is 27.4 Å². The van der Waals surface area contributed by atoms with Gasteiger partial charge in [0.25, 0.3) is 0 Å². The monoisotopic (exact) mass is 450 g/mol. The van der Waals surface area contributed by atoms with Crippen LogP contribution in [0.1, 0.15) is 12.0 Å². The molecule has 3 heterocycles. The summed E-state index contributed by atoms with van der Waals surface area (Å²) in [4.78, 5) is 17.8. The Morgan fingerprint density at radius 2 is 2.09 bits per heavy atom. The zero-order valence-electron chi connectivity index (χ0n) is 16.9. The lowest BCUT2D eigenvalue weighted by atomic mass is 9.95. The summed E-state index contributed by atoms with van der Waals surface area (Å²) < 4.78 is 50.3. The zero-order chi connectivity index (χ0) is 22.5. The van der Waals surface area contributed by atoms with Gasteiger partial charge in [-0.3, -0.25) is 4.40 Å². The molecule has 1 fully saturated rings. The van der Waals surface area contributed by atoms with Gasteiger partial charge < -0.3 is 19.7 Å². The molecule has 0 saturated carbocycles. The topological polar surface area (TPSA) is 93.9 Å². The Hall–Kier alpha value is -3.57. The Kier molecular flexibility index (Phi) is 6.57. The van der Waals surface area contributed by atoms with E-state index in [0.717, 1.165) is 0 Å². The number of piperidine rings is 1. The maximum atomic E-state index is 14.7. The van der Waals surface area contributed by atoms with Gasteiger partial charge in [-0.25, -0.2) is 14.2 Å². The molecule has 0 aliphatic carbocycles. The van der Waals surface area contributed by atoms with E-state index in [1.165, 1.54) is 29.2 Å². The number of anilines is 1. The Bertz CT molecular complexity index is 1050. The number of benzene rings is 1. The fraction of sp³-hybridized carbons (Fsp3) is 0.400. The molecule has 1 aliphatic heterocycles. The zero-order valence-corrected chi connectivity index (χ0v) is 16.9. The maximum absolute atomic E-state index is 14.7. The van der Waals surface area contributed by atoms with Gasteiger partial charge >= 0.3 is 12.7 Å². The number of halogens is 3. The van der Waals surface area contributed by atoms with Crippen molar-refractivity contribution in [2.75, 3.05) is 25.0 Å². The number of amides is 1. The lowest BCUT2D eigenvalue weighted by Crippen LogP contribution is -2.46. The Labute approximate surface area is 181 Å². The second-order valence-electron chi connectivity index (χ2n) is 7.31. The number of nitrogens with one attached hydrogen (secondary N) is 1. The molecule has 2 atom stereocenters. The van der Waals surface area contributed by atoms with Crippen LogP contribution in [-0.4, -0.2) is 63.0 Å². The number of ether oxygens (including phenoxy) is 2. The molecule has 0 spiro atoms. The van der Waals surface area contributed by atoms with E-state index < -0.39 is 18.9 Å². The Morgan fingerprint density at radius 3 is 2.84 bits per heavy atom. The van der Waals surface area contributed by atoms with Crippen molar-refractivity contribution in [2.45, 2.75) is 25.8 Å². The SMILES string of the molecule is O=C(OCc1ccc(OC(F)F)cc1)N1CC[C@H](CNc2nccn3cnnc23)[C@H](F)C1. The van der Waals surface area contributed by atoms with Crippen LogP contribution in [0.3, 0.4) is 0 Å². The summed E-state index contributed by atoms with van der Waals surface area (Å²) in [6, 6.07) is 5.76. The molecule has 3 aromatic rings. The van der Waals surface area contributed by atoms with Gasteiger partial charge in [0.15, 0.2) is 5.82 Å². The predicted molar refractivity (Wildman–Crippen MR) is 107 cm³/mol. The van der Waals surface area contributed by atoms with E-state index >= 15 is 0 Å². The van der Waals surface area contributed by atoms with Crippen LogP contribution in [0, 0.1) is 5.92 Å². The van der Waals surface area contributed by atoms with Crippen molar-refractivity contribution in [3.05, 3.63) is 48.5 Å². The quantitative estimate of drug-likeness (QED) is 0.591. The summed E-state index contributed by atoms with van der Waals surface area (Å²) in [5.74, 6) is 0.233. The van der Waals surface area contributed by atoms with Gasteiger partial charge in [-0.15, -0.1) is 10.2 Å². The maximum Gasteiger partial charge on any atom is 0.410 e. The van der Waals surface area contributed by atoms with Crippen molar-refractivity contribution in [1.82, 2.24) is 24.5 Å². The standard InChI is InChI=1S/C20H21F3N6O3/c21-16-10-28(20(30)31-11-13-1-3-15(4-2-13)32-19(22)23)7-5-14(16)9-25-17-18-27-26-12-29(18)8-6-24-17/h1-4,6,8,12,14,16,19H,5,7,9-11H2,(H,24,25)/t14-,16-/m1/s1. The minimum atomic E-state index is -2.90. The molecular formula is C20H21F3N6O3. The van der Waals surface area contributed by atoms with Gasteiger partial charge in [0, 0.05) is 31.4 Å². The highest BCUT2D eigenvalue weighted by Crippen LogP contribution is 2.23. The van der Waals surface area contributed by atoms with Gasteiger partial charge in [0.2, 0.25) is 5.65 Å². The minimum Gasteiger partial charge on any atom is -0.445 e. The molecule has 1 amide bonds. The first-order valence-electron chi connectivity index (χ1n) is 9.97. The average Bonchev–Trinajstić information content (AvgIpc) is 3.27. The first kappa shape index (κ1) is 21.7. The number of likely N-dealkylation sites (tertiary alicyclic amines) is 1. The summed E-state index contributed by atoms with van der Waals surface area (Å²) in [5, 5.41) is 10.9. The first-order chi connectivity index (χ1) is 15.5. The van der Waals surface area contributed by atoms with Crippen LogP contribution < -0.4 is 10.1 Å². The van der Waals surface area contributed by atoms with Crippen LogP contribution in [-0.2, 0) is 11.3 Å². The van der Waals surface area contributed by atoms with Crippen molar-refractivity contribution in [3.8, 4) is 5.75 Å². The van der Waals surface area contributed by atoms with Crippen LogP contribution in [0.25, 0.3) is 5.65 Å². The molecule has 0 radical (unpaired) electrons. The summed E-state index contributed by atoms with van der Waals surface area (Å²) in [7, 11) is 0. The van der Waals surface area contributed by atoms with Crippen molar-refractivity contribution >= 4 is 17.6 Å². The lowest BCUT2D eigenvalue weighted by Gasteiger charge is -2.34. The van der Waals surface area contributed by atoms with E-state index in [0.29, 0.717) is 36.5 Å². The number of carbonyl (C=O) groups is 1. The van der Waals surface area contributed by atoms with Crippen LogP contribution in [0.2, 0.25) is 0 Å². The third kappa shape index (κ3) is 5.18. The van der Waals surface area contributed by atoms with Crippen LogP contribution >= 0.6 is 0 Å². The average molecular weight is 450 g/mol. The largest absolute Gasteiger partial charge is 0.445 e. The minimum absolute atomic E-state index is 0.0153. The number of carbonyl (C=O) groups excluding carboxylic acids is 1. The molecule has 32 heavy (non-hydrogen) atoms. The molecule has 1 aromatic carbocycles. The molecule has 1 aliphatic rings. The lowest BCUT2D eigenvalue weighted by molar-refractivity contribution is -0.0498. The summed E-state index contributed by atoms with van der Waals surface area (Å²) in [6.45, 7) is -2.33. The highest BCUT2D eigenvalue weighted by atomic mass is 19.3. The van der Waals surface area contributed by atoms with Gasteiger partial charge in [-0.05, 0) is 24.1 Å². The first-order valence-corrected chi connectivity index (χ1v) is 9.97. The van der Waals surface area contributed by atoms with Crippen molar-refractivity contribution in [2.24, 2.45) is 5.92 Å². The third-order valence-corrected chi connectivity index (χ3v) is 5.19. The fourth-order valence-corrected chi connectivity index (χ4v) is 3.46. The number of fused-ring (bicyclic) bond motifs is 1. The number of nitrogens with zero attached hydrogens (tertiary/aromatic N) is 5. The summed E-state index contributed by atoms with van der Waals surface area (Å²) >= 11 is 0. The van der Waals surface area contributed by atoms with Crippen LogP contribution in [0.15, 0.2) is 43.0 Å². The highest BCUT2D eigenvalue weighted by molar-refractivity contribution is 5.68. The van der Waals surface area contributed by atoms with E-state index in [4.69, 9.17) is 4.74 Å². The molecule has 12 heteroatoms. The molecule has 2 aromatic heterocycles. The van der Waals surface area contributed by atoms with Crippen LogP contribution in [0.4, 0.5) is 23.8 Å². The smallest absolute Gasteiger partial charge is 0.410 e. The van der Waals surface area contributed by atoms with Crippen molar-refractivity contribution in [3.63, 3.8) is 0 Å². The van der Waals surface area contributed by atoms with E-state index in [-0.39, 0.29) is 24.8 Å². The Balaban J connectivity index is 1.24. The number of hydrogen-bond acceptors (Lipinski definition) is 7. The fourth-order valence-electron chi connectivity index (χ4n) is 3.46. The molecule has 1 saturated heterocycles. The van der Waals surface area contributed by atoms with Crippen LogP contribution in [0.5, 0.6) is 5.75 Å². The van der Waals surface area contributed by atoms with Gasteiger partial charge in [0.1, 0.15) is 24.9 Å². The van der Waals surface area contributed by atoms with Crippen molar-refractivity contribution in [1.29, 1.82) is 0 Å². The molecule has 0 bridgehead atoms. The highest BCUT2D eigenvalue weighted by Gasteiger charge is 2.32. The molecular weight excluding hydrogens is 429 g/mol. The number of hydrogen-bond donors (Lipinski definition) is 1. The number of aromatic nitrogens is 4. The van der Waals surface area contributed by atoms with Gasteiger partial charge in [-0.2, -0.15) is 8.78 Å².